The Bertz CT molecular complexity index is 1230. The number of nitrogens with zero attached hydrogens (tertiary/aromatic N) is 3. The molecule has 0 radical (unpaired) electrons. The molecule has 1 unspecified atom stereocenters. The molecule has 1 saturated heterocycles. The summed E-state index contributed by atoms with van der Waals surface area (Å²) in [5.41, 5.74) is 5.79. The first kappa shape index (κ1) is 23.8. The van der Waals surface area contributed by atoms with E-state index in [-0.39, 0.29) is 0 Å². The zero-order valence-corrected chi connectivity index (χ0v) is 21.2. The molecule has 7 nitrogen and oxygen atoms in total. The van der Waals surface area contributed by atoms with Crippen molar-refractivity contribution < 1.29 is 14.6 Å². The fraction of sp³-hybridized carbons (Fsp3) is 0.500. The van der Waals surface area contributed by atoms with Crippen LogP contribution in [0.25, 0.3) is 11.0 Å². The van der Waals surface area contributed by atoms with Crippen molar-refractivity contribution in [2.24, 2.45) is 5.92 Å². The number of aromatic nitrogens is 2. The summed E-state index contributed by atoms with van der Waals surface area (Å²) < 4.78 is 7.01. The molecule has 1 amide bonds. The summed E-state index contributed by atoms with van der Waals surface area (Å²) in [7, 11) is 1.38. The number of aliphatic hydroxyl groups is 1. The van der Waals surface area contributed by atoms with E-state index in [1.165, 1.54) is 23.8 Å². The minimum absolute atomic E-state index is 0.341. The first-order valence-electron chi connectivity index (χ1n) is 12.6. The fourth-order valence-corrected chi connectivity index (χ4v) is 5.82. The second-order valence-corrected chi connectivity index (χ2v) is 10.8. The number of carbonyl (C=O) groups is 1. The van der Waals surface area contributed by atoms with Crippen LogP contribution in [0.2, 0.25) is 0 Å². The van der Waals surface area contributed by atoms with Gasteiger partial charge in [0.15, 0.2) is 0 Å². The van der Waals surface area contributed by atoms with Gasteiger partial charge in [0.1, 0.15) is 11.4 Å². The Morgan fingerprint density at radius 3 is 2.60 bits per heavy atom. The van der Waals surface area contributed by atoms with Gasteiger partial charge in [-0.05, 0) is 93.3 Å². The van der Waals surface area contributed by atoms with Gasteiger partial charge in [-0.1, -0.05) is 12.1 Å². The Morgan fingerprint density at radius 1 is 1.14 bits per heavy atom. The lowest BCUT2D eigenvalue weighted by Gasteiger charge is -2.35. The summed E-state index contributed by atoms with van der Waals surface area (Å²) in [6.07, 6.45) is 3.79. The number of rotatable bonds is 5. The van der Waals surface area contributed by atoms with E-state index in [1.807, 2.05) is 19.9 Å². The third kappa shape index (κ3) is 4.93. The number of likely N-dealkylation sites (tertiary alicyclic amines) is 1. The first-order chi connectivity index (χ1) is 16.7. The molecular formula is C28H36N4O3. The maximum Gasteiger partial charge on any atom is 0.411 e. The second kappa shape index (κ2) is 9.28. The van der Waals surface area contributed by atoms with E-state index in [1.54, 1.807) is 0 Å². The average molecular weight is 477 g/mol. The number of aryl methyl sites for hydroxylation is 1. The molecule has 1 aliphatic carbocycles. The van der Waals surface area contributed by atoms with Gasteiger partial charge in [0.25, 0.3) is 0 Å². The highest BCUT2D eigenvalue weighted by Crippen LogP contribution is 2.35. The minimum atomic E-state index is -0.985. The zero-order valence-electron chi connectivity index (χ0n) is 21.2. The van der Waals surface area contributed by atoms with E-state index in [2.05, 4.69) is 52.0 Å². The van der Waals surface area contributed by atoms with Crippen LogP contribution in [0.4, 0.5) is 10.5 Å². The van der Waals surface area contributed by atoms with Crippen molar-refractivity contribution in [2.45, 2.75) is 58.1 Å². The van der Waals surface area contributed by atoms with Crippen LogP contribution in [0.3, 0.4) is 0 Å². The Balaban J connectivity index is 1.24. The molecule has 0 saturated carbocycles. The highest BCUT2D eigenvalue weighted by atomic mass is 16.5. The highest BCUT2D eigenvalue weighted by molar-refractivity contribution is 5.84. The van der Waals surface area contributed by atoms with E-state index in [0.717, 1.165) is 67.9 Å². The van der Waals surface area contributed by atoms with Crippen molar-refractivity contribution in [3.8, 4) is 0 Å². The lowest BCUT2D eigenvalue weighted by atomic mass is 9.99. The Kier molecular flexibility index (Phi) is 6.32. The number of ether oxygens (including phenoxy) is 1. The van der Waals surface area contributed by atoms with Crippen LogP contribution < -0.4 is 5.32 Å². The van der Waals surface area contributed by atoms with Crippen molar-refractivity contribution in [3.63, 3.8) is 0 Å². The molecule has 186 valence electrons. The van der Waals surface area contributed by atoms with Crippen LogP contribution in [-0.4, -0.2) is 52.4 Å². The summed E-state index contributed by atoms with van der Waals surface area (Å²) in [5.74, 6) is 1.36. The van der Waals surface area contributed by atoms with Gasteiger partial charge in [0, 0.05) is 31.4 Å². The second-order valence-electron chi connectivity index (χ2n) is 10.8. The largest absolute Gasteiger partial charge is 0.453 e. The van der Waals surface area contributed by atoms with Crippen molar-refractivity contribution in [1.82, 2.24) is 14.5 Å². The van der Waals surface area contributed by atoms with Crippen LogP contribution in [0.1, 0.15) is 55.2 Å². The standard InChI is InChI=1S/C28H36N4O3/c1-18-5-8-25-24(13-18)30-26(28(2,3)34)32(25)23-9-11-31(12-10-23)17-19-14-20-6-7-22(16-21(20)15-19)29-27(33)35-4/h5-8,13,16,19,23,34H,9-12,14-15,17H2,1-4H3,(H,29,33). The third-order valence-electron chi connectivity index (χ3n) is 7.49. The van der Waals surface area contributed by atoms with Gasteiger partial charge in [-0.3, -0.25) is 5.32 Å². The summed E-state index contributed by atoms with van der Waals surface area (Å²) in [4.78, 5) is 19.0. The average Bonchev–Trinajstić information content (AvgIpc) is 3.39. The molecule has 0 spiro atoms. The molecule has 5 rings (SSSR count). The molecule has 2 aliphatic rings. The number of imidazole rings is 1. The number of piperidine rings is 1. The molecule has 1 fully saturated rings. The Hall–Kier alpha value is -2.90. The zero-order chi connectivity index (χ0) is 24.7. The van der Waals surface area contributed by atoms with Crippen LogP contribution in [0.5, 0.6) is 0 Å². The predicted molar refractivity (Wildman–Crippen MR) is 138 cm³/mol. The number of fused-ring (bicyclic) bond motifs is 2. The number of hydrogen-bond acceptors (Lipinski definition) is 5. The normalized spacial score (nSPS) is 19.2. The van der Waals surface area contributed by atoms with Crippen LogP contribution in [-0.2, 0) is 23.2 Å². The maximum absolute atomic E-state index is 11.5. The summed E-state index contributed by atoms with van der Waals surface area (Å²) >= 11 is 0. The lowest BCUT2D eigenvalue weighted by Crippen LogP contribution is -2.39. The van der Waals surface area contributed by atoms with Gasteiger partial charge in [0.05, 0.1) is 18.1 Å². The minimum Gasteiger partial charge on any atom is -0.453 e. The van der Waals surface area contributed by atoms with Crippen LogP contribution in [0, 0.1) is 12.8 Å². The highest BCUT2D eigenvalue weighted by Gasteiger charge is 2.32. The summed E-state index contributed by atoms with van der Waals surface area (Å²) in [6.45, 7) is 8.92. The summed E-state index contributed by atoms with van der Waals surface area (Å²) in [6, 6.07) is 12.9. The Morgan fingerprint density at radius 2 is 1.89 bits per heavy atom. The molecule has 2 heterocycles. The maximum atomic E-state index is 11.5. The van der Waals surface area contributed by atoms with Gasteiger partial charge < -0.3 is 19.3 Å². The molecule has 2 aromatic carbocycles. The molecule has 1 aromatic heterocycles. The number of nitrogens with one attached hydrogen (secondary N) is 1. The van der Waals surface area contributed by atoms with Crippen molar-refractivity contribution in [1.29, 1.82) is 0 Å². The van der Waals surface area contributed by atoms with Crippen LogP contribution >= 0.6 is 0 Å². The first-order valence-corrected chi connectivity index (χ1v) is 12.6. The van der Waals surface area contributed by atoms with Crippen molar-refractivity contribution >= 4 is 22.8 Å². The number of benzene rings is 2. The molecule has 35 heavy (non-hydrogen) atoms. The smallest absolute Gasteiger partial charge is 0.411 e. The molecule has 2 N–H and O–H groups in total. The van der Waals surface area contributed by atoms with Gasteiger partial charge >= 0.3 is 6.09 Å². The molecule has 3 aromatic rings. The number of anilines is 1. The summed E-state index contributed by atoms with van der Waals surface area (Å²) in [5, 5.41) is 13.6. The number of carbonyl (C=O) groups excluding carboxylic acids is 1. The van der Waals surface area contributed by atoms with Gasteiger partial charge in [-0.25, -0.2) is 9.78 Å². The van der Waals surface area contributed by atoms with Crippen LogP contribution in [0.15, 0.2) is 36.4 Å². The fourth-order valence-electron chi connectivity index (χ4n) is 5.82. The van der Waals surface area contributed by atoms with E-state index >= 15 is 0 Å². The Labute approximate surface area is 207 Å². The number of hydrogen-bond donors (Lipinski definition) is 2. The van der Waals surface area contributed by atoms with Gasteiger partial charge in [-0.15, -0.1) is 0 Å². The predicted octanol–water partition coefficient (Wildman–Crippen LogP) is 4.80. The molecule has 0 bridgehead atoms. The molecule has 1 atom stereocenters. The van der Waals surface area contributed by atoms with Crippen molar-refractivity contribution in [3.05, 3.63) is 58.9 Å². The van der Waals surface area contributed by atoms with Gasteiger partial charge in [0.2, 0.25) is 0 Å². The van der Waals surface area contributed by atoms with Gasteiger partial charge in [-0.2, -0.15) is 0 Å². The number of amides is 1. The van der Waals surface area contributed by atoms with E-state index in [9.17, 15) is 9.90 Å². The SMILES string of the molecule is COC(=O)Nc1ccc2c(c1)CC(CN1CCC(n3c(C(C)(C)O)nc4cc(C)ccc43)CC1)C2. The van der Waals surface area contributed by atoms with Crippen molar-refractivity contribution in [2.75, 3.05) is 32.1 Å². The molecule has 1 aliphatic heterocycles. The van der Waals surface area contributed by atoms with E-state index < -0.39 is 11.7 Å². The monoisotopic (exact) mass is 476 g/mol. The van der Waals surface area contributed by atoms with E-state index in [4.69, 9.17) is 9.72 Å². The topological polar surface area (TPSA) is 79.6 Å². The number of methoxy groups -OCH3 is 1. The molecular weight excluding hydrogens is 440 g/mol. The lowest BCUT2D eigenvalue weighted by molar-refractivity contribution is 0.0603. The van der Waals surface area contributed by atoms with E-state index in [0.29, 0.717) is 12.0 Å². The molecule has 7 heteroatoms. The quantitative estimate of drug-likeness (QED) is 0.553. The third-order valence-corrected chi connectivity index (χ3v) is 7.49.